The van der Waals surface area contributed by atoms with Crippen molar-refractivity contribution in [3.8, 4) is 11.5 Å². The van der Waals surface area contributed by atoms with E-state index in [1.54, 1.807) is 0 Å². The van der Waals surface area contributed by atoms with Crippen LogP contribution in [0.15, 0.2) is 41.3 Å². The molecule has 9 heteroatoms. The lowest BCUT2D eigenvalue weighted by atomic mass is 10.1. The average molecular weight is 368 g/mol. The summed E-state index contributed by atoms with van der Waals surface area (Å²) in [6.45, 7) is 0. The summed E-state index contributed by atoms with van der Waals surface area (Å²) in [5.41, 5.74) is -0.239. The number of methoxy groups -OCH3 is 2. The quantitative estimate of drug-likeness (QED) is 0.813. The first-order chi connectivity index (χ1) is 11.8. The third kappa shape index (κ3) is 3.82. The lowest BCUT2D eigenvalue weighted by Crippen LogP contribution is -2.21. The molecule has 0 heterocycles. The molecule has 1 amide bonds. The van der Waals surface area contributed by atoms with Gasteiger partial charge >= 0.3 is 0 Å². The van der Waals surface area contributed by atoms with Gasteiger partial charge in [0.25, 0.3) is 15.9 Å². The summed E-state index contributed by atoms with van der Waals surface area (Å²) < 4.78 is 51.3. The first-order valence-corrected chi connectivity index (χ1v) is 8.57. The Hall–Kier alpha value is -2.81. The molecule has 0 saturated heterocycles. The highest BCUT2D eigenvalue weighted by molar-refractivity contribution is 7.92. The summed E-state index contributed by atoms with van der Waals surface area (Å²) in [6, 6.07) is 7.66. The number of amides is 1. The van der Waals surface area contributed by atoms with Crippen molar-refractivity contribution < 1.29 is 27.1 Å². The fourth-order valence-electron chi connectivity index (χ4n) is 2.15. The van der Waals surface area contributed by atoms with E-state index in [2.05, 4.69) is 10.0 Å². The highest BCUT2D eigenvalue weighted by Crippen LogP contribution is 2.34. The van der Waals surface area contributed by atoms with Gasteiger partial charge in [-0.25, -0.2) is 12.8 Å². The number of sulfonamides is 1. The lowest BCUT2D eigenvalue weighted by molar-refractivity contribution is 0.0959. The average Bonchev–Trinajstić information content (AvgIpc) is 2.61. The maximum atomic E-state index is 13.7. The molecule has 2 rings (SSSR count). The number of benzene rings is 2. The third-order valence-corrected chi connectivity index (χ3v) is 4.70. The second-order valence-electron chi connectivity index (χ2n) is 4.87. The molecule has 25 heavy (non-hydrogen) atoms. The molecule has 0 aromatic heterocycles. The van der Waals surface area contributed by atoms with Gasteiger partial charge in [-0.1, -0.05) is 12.1 Å². The molecule has 2 aromatic rings. The van der Waals surface area contributed by atoms with Crippen LogP contribution < -0.4 is 19.5 Å². The highest BCUT2D eigenvalue weighted by Gasteiger charge is 2.24. The van der Waals surface area contributed by atoms with E-state index < -0.39 is 21.7 Å². The lowest BCUT2D eigenvalue weighted by Gasteiger charge is -2.15. The molecule has 0 radical (unpaired) electrons. The molecule has 0 spiro atoms. The van der Waals surface area contributed by atoms with E-state index in [0.29, 0.717) is 0 Å². The molecule has 0 aliphatic carbocycles. The number of hydrogen-bond donors (Lipinski definition) is 2. The molecule has 0 bridgehead atoms. The Morgan fingerprint density at radius 3 is 2.36 bits per heavy atom. The van der Waals surface area contributed by atoms with Gasteiger partial charge in [0, 0.05) is 13.1 Å². The fourth-order valence-corrected chi connectivity index (χ4v) is 3.25. The van der Waals surface area contributed by atoms with E-state index >= 15 is 0 Å². The second-order valence-corrected chi connectivity index (χ2v) is 6.55. The van der Waals surface area contributed by atoms with Crippen LogP contribution in [0.1, 0.15) is 10.4 Å². The van der Waals surface area contributed by atoms with Crippen molar-refractivity contribution >= 4 is 21.6 Å². The Labute approximate surface area is 144 Å². The molecule has 2 N–H and O–H groups in total. The summed E-state index contributed by atoms with van der Waals surface area (Å²) in [4.78, 5) is 11.8. The molecule has 0 aliphatic heterocycles. The zero-order valence-electron chi connectivity index (χ0n) is 13.8. The number of carbonyl (C=O) groups is 1. The number of rotatable bonds is 6. The summed E-state index contributed by atoms with van der Waals surface area (Å²) in [6.07, 6.45) is 0. The van der Waals surface area contributed by atoms with E-state index in [-0.39, 0.29) is 27.6 Å². The summed E-state index contributed by atoms with van der Waals surface area (Å²) in [5.74, 6) is -1.14. The number of anilines is 1. The summed E-state index contributed by atoms with van der Waals surface area (Å²) in [7, 11) is -0.126. The van der Waals surface area contributed by atoms with Crippen molar-refractivity contribution in [3.05, 3.63) is 47.8 Å². The number of nitrogens with one attached hydrogen (secondary N) is 2. The molecule has 2 aromatic carbocycles. The first kappa shape index (κ1) is 18.5. The molecule has 0 saturated carbocycles. The van der Waals surface area contributed by atoms with Crippen LogP contribution in [-0.2, 0) is 10.0 Å². The number of hydrogen-bond acceptors (Lipinski definition) is 5. The van der Waals surface area contributed by atoms with Crippen molar-refractivity contribution in [2.75, 3.05) is 26.0 Å². The predicted molar refractivity (Wildman–Crippen MR) is 90.1 cm³/mol. The Kier molecular flexibility index (Phi) is 5.48. The monoisotopic (exact) mass is 368 g/mol. The van der Waals surface area contributed by atoms with E-state index in [1.165, 1.54) is 45.5 Å². The number of halogens is 1. The normalized spacial score (nSPS) is 10.9. The Morgan fingerprint density at radius 2 is 1.80 bits per heavy atom. The Morgan fingerprint density at radius 1 is 1.12 bits per heavy atom. The zero-order valence-corrected chi connectivity index (χ0v) is 14.6. The smallest absolute Gasteiger partial charge is 0.262 e. The van der Waals surface area contributed by atoms with Crippen LogP contribution >= 0.6 is 0 Å². The molecular weight excluding hydrogens is 351 g/mol. The topological polar surface area (TPSA) is 93.7 Å². The molecule has 0 unspecified atom stereocenters. The van der Waals surface area contributed by atoms with Gasteiger partial charge in [0.1, 0.15) is 5.82 Å². The van der Waals surface area contributed by atoms with Crippen molar-refractivity contribution in [1.82, 2.24) is 5.32 Å². The van der Waals surface area contributed by atoms with Crippen LogP contribution in [0.4, 0.5) is 10.1 Å². The minimum absolute atomic E-state index is 0.0294. The highest BCUT2D eigenvalue weighted by atomic mass is 32.2. The van der Waals surface area contributed by atoms with Crippen LogP contribution in [0, 0.1) is 5.82 Å². The second kappa shape index (κ2) is 7.39. The third-order valence-electron chi connectivity index (χ3n) is 3.35. The van der Waals surface area contributed by atoms with Gasteiger partial charge in [-0.05, 0) is 18.2 Å². The summed E-state index contributed by atoms with van der Waals surface area (Å²) in [5, 5.41) is 2.40. The van der Waals surface area contributed by atoms with E-state index in [0.717, 1.165) is 12.1 Å². The van der Waals surface area contributed by atoms with E-state index in [4.69, 9.17) is 9.47 Å². The number of ether oxygens (including phenoxy) is 2. The maximum absolute atomic E-state index is 13.7. The Balaban J connectivity index is 2.57. The molecular formula is C16H17FN2O5S. The van der Waals surface area contributed by atoms with Gasteiger partial charge < -0.3 is 14.8 Å². The van der Waals surface area contributed by atoms with Crippen molar-refractivity contribution in [3.63, 3.8) is 0 Å². The molecule has 0 atom stereocenters. The maximum Gasteiger partial charge on any atom is 0.262 e. The number of carbonyl (C=O) groups excluding carboxylic acids is 1. The van der Waals surface area contributed by atoms with Crippen LogP contribution in [0.2, 0.25) is 0 Å². The largest absolute Gasteiger partial charge is 0.493 e. The number of para-hydroxylation sites is 1. The zero-order chi connectivity index (χ0) is 18.6. The standard InChI is InChI=1S/C16H17FN2O5S/c1-18-16(20)11-8-10(9-14(23-2)15(11)24-3)25(21,22)19-13-7-5-4-6-12(13)17/h4-9,19H,1-3H3,(H,18,20). The minimum atomic E-state index is -4.16. The van der Waals surface area contributed by atoms with Gasteiger partial charge in [0.05, 0.1) is 30.4 Å². The van der Waals surface area contributed by atoms with Gasteiger partial charge in [0.2, 0.25) is 0 Å². The van der Waals surface area contributed by atoms with E-state index in [1.807, 2.05) is 0 Å². The van der Waals surface area contributed by atoms with Gasteiger partial charge in [-0.2, -0.15) is 0 Å². The van der Waals surface area contributed by atoms with Crippen molar-refractivity contribution in [1.29, 1.82) is 0 Å². The molecule has 7 nitrogen and oxygen atoms in total. The SMILES string of the molecule is CNC(=O)c1cc(S(=O)(=O)Nc2ccccc2F)cc(OC)c1OC. The van der Waals surface area contributed by atoms with E-state index in [9.17, 15) is 17.6 Å². The Bertz CT molecular complexity index is 899. The fraction of sp³-hybridized carbons (Fsp3) is 0.188. The van der Waals surface area contributed by atoms with Crippen molar-refractivity contribution in [2.24, 2.45) is 0 Å². The molecule has 134 valence electrons. The minimum Gasteiger partial charge on any atom is -0.493 e. The van der Waals surface area contributed by atoms with Gasteiger partial charge in [-0.3, -0.25) is 9.52 Å². The van der Waals surface area contributed by atoms with Crippen LogP contribution in [0.3, 0.4) is 0 Å². The van der Waals surface area contributed by atoms with Crippen LogP contribution in [0.25, 0.3) is 0 Å². The van der Waals surface area contributed by atoms with Crippen LogP contribution in [-0.4, -0.2) is 35.6 Å². The molecule has 0 fully saturated rings. The van der Waals surface area contributed by atoms with Crippen molar-refractivity contribution in [2.45, 2.75) is 4.90 Å². The molecule has 0 aliphatic rings. The van der Waals surface area contributed by atoms with Gasteiger partial charge in [0.15, 0.2) is 11.5 Å². The van der Waals surface area contributed by atoms with Gasteiger partial charge in [-0.15, -0.1) is 0 Å². The predicted octanol–water partition coefficient (Wildman–Crippen LogP) is 2.00. The summed E-state index contributed by atoms with van der Waals surface area (Å²) >= 11 is 0. The first-order valence-electron chi connectivity index (χ1n) is 7.09. The van der Waals surface area contributed by atoms with Crippen LogP contribution in [0.5, 0.6) is 11.5 Å².